The van der Waals surface area contributed by atoms with E-state index < -0.39 is 0 Å². The number of carbonyl (C=O) groups is 1. The number of rotatable bonds is 3. The van der Waals surface area contributed by atoms with Crippen molar-refractivity contribution in [1.29, 1.82) is 0 Å². The molecule has 1 aliphatic carbocycles. The Kier molecular flexibility index (Phi) is 3.75. The van der Waals surface area contributed by atoms with Gasteiger partial charge in [-0.05, 0) is 50.2 Å². The van der Waals surface area contributed by atoms with Crippen molar-refractivity contribution in [3.05, 3.63) is 42.1 Å². The Bertz CT molecular complexity index is 712. The summed E-state index contributed by atoms with van der Waals surface area (Å²) in [5.74, 6) is 1.22. The molecule has 2 aromatic rings. The highest BCUT2D eigenvalue weighted by molar-refractivity contribution is 5.92. The van der Waals surface area contributed by atoms with Gasteiger partial charge < -0.3 is 14.6 Å². The molecule has 0 aromatic carbocycles. The largest absolute Gasteiger partial charge is 0.459 e. The first-order chi connectivity index (χ1) is 11.7. The first kappa shape index (κ1) is 15.2. The Balaban J connectivity index is 1.30. The molecule has 6 nitrogen and oxygen atoms in total. The molecule has 2 fully saturated rings. The number of amides is 1. The number of likely N-dealkylation sites (tertiary alicyclic amines) is 1. The minimum absolute atomic E-state index is 0.0269. The predicted molar refractivity (Wildman–Crippen MR) is 89.7 cm³/mol. The zero-order valence-electron chi connectivity index (χ0n) is 13.9. The standard InChI is InChI=1S/C18H22N4O2/c1-13-3-10-24-15(13)16(23)22-8-4-18(5-9-22)11-14(12-18)21-17-19-6-2-7-20-17/h2-3,6-7,10,14H,4-5,8-9,11-12H2,1H3,(H,19,20,21). The van der Waals surface area contributed by atoms with Crippen molar-refractivity contribution < 1.29 is 9.21 Å². The minimum atomic E-state index is 0.0269. The van der Waals surface area contributed by atoms with Crippen LogP contribution in [-0.2, 0) is 0 Å². The number of piperidine rings is 1. The molecule has 1 N–H and O–H groups in total. The Morgan fingerprint density at radius 1 is 1.29 bits per heavy atom. The van der Waals surface area contributed by atoms with Crippen LogP contribution in [0.5, 0.6) is 0 Å². The quantitative estimate of drug-likeness (QED) is 0.939. The number of aryl methyl sites for hydroxylation is 1. The lowest BCUT2D eigenvalue weighted by Crippen LogP contribution is -2.52. The van der Waals surface area contributed by atoms with Crippen molar-refractivity contribution in [3.8, 4) is 0 Å². The van der Waals surface area contributed by atoms with Gasteiger partial charge in [-0.2, -0.15) is 0 Å². The fourth-order valence-electron chi connectivity index (χ4n) is 3.97. The van der Waals surface area contributed by atoms with Crippen molar-refractivity contribution in [2.75, 3.05) is 18.4 Å². The van der Waals surface area contributed by atoms with E-state index in [0.29, 0.717) is 23.2 Å². The van der Waals surface area contributed by atoms with Crippen LogP contribution in [-0.4, -0.2) is 39.9 Å². The summed E-state index contributed by atoms with van der Waals surface area (Å²) in [6, 6.07) is 4.11. The van der Waals surface area contributed by atoms with Crippen LogP contribution in [0.4, 0.5) is 5.95 Å². The Morgan fingerprint density at radius 2 is 2.00 bits per heavy atom. The van der Waals surface area contributed by atoms with Gasteiger partial charge in [-0.15, -0.1) is 0 Å². The van der Waals surface area contributed by atoms with Crippen LogP contribution in [0.15, 0.2) is 35.2 Å². The van der Waals surface area contributed by atoms with E-state index >= 15 is 0 Å². The molecular weight excluding hydrogens is 304 g/mol. The molecule has 1 amide bonds. The Morgan fingerprint density at radius 3 is 2.62 bits per heavy atom. The molecule has 0 bridgehead atoms. The topological polar surface area (TPSA) is 71.3 Å². The van der Waals surface area contributed by atoms with Gasteiger partial charge in [0.05, 0.1) is 6.26 Å². The summed E-state index contributed by atoms with van der Waals surface area (Å²) in [6.07, 6.45) is 9.48. The lowest BCUT2D eigenvalue weighted by molar-refractivity contribution is 0.0203. The minimum Gasteiger partial charge on any atom is -0.459 e. The fraction of sp³-hybridized carbons (Fsp3) is 0.500. The third-order valence-electron chi connectivity index (χ3n) is 5.43. The van der Waals surface area contributed by atoms with E-state index in [9.17, 15) is 4.79 Å². The zero-order chi connectivity index (χ0) is 16.6. The van der Waals surface area contributed by atoms with Crippen LogP contribution in [0.1, 0.15) is 41.8 Å². The van der Waals surface area contributed by atoms with Crippen LogP contribution < -0.4 is 5.32 Å². The number of aromatic nitrogens is 2. The fourth-order valence-corrected chi connectivity index (χ4v) is 3.97. The van der Waals surface area contributed by atoms with Gasteiger partial charge in [0, 0.05) is 37.1 Å². The normalized spacial score (nSPS) is 20.0. The van der Waals surface area contributed by atoms with Crippen LogP contribution in [0.3, 0.4) is 0 Å². The Labute approximate surface area is 141 Å². The molecule has 2 aromatic heterocycles. The third kappa shape index (κ3) is 2.77. The SMILES string of the molecule is Cc1ccoc1C(=O)N1CCC2(CC1)CC(Nc1ncccn1)C2. The monoisotopic (exact) mass is 326 g/mol. The maximum Gasteiger partial charge on any atom is 0.289 e. The lowest BCUT2D eigenvalue weighted by atomic mass is 9.60. The molecule has 1 spiro atoms. The summed E-state index contributed by atoms with van der Waals surface area (Å²) >= 11 is 0. The van der Waals surface area contributed by atoms with E-state index in [4.69, 9.17) is 4.42 Å². The van der Waals surface area contributed by atoms with E-state index in [2.05, 4.69) is 15.3 Å². The summed E-state index contributed by atoms with van der Waals surface area (Å²) in [5, 5.41) is 3.40. The number of nitrogens with one attached hydrogen (secondary N) is 1. The smallest absolute Gasteiger partial charge is 0.289 e. The molecule has 0 radical (unpaired) electrons. The van der Waals surface area contributed by atoms with Crippen LogP contribution in [0, 0.1) is 12.3 Å². The van der Waals surface area contributed by atoms with Crippen LogP contribution >= 0.6 is 0 Å². The van der Waals surface area contributed by atoms with E-state index in [1.807, 2.05) is 24.0 Å². The van der Waals surface area contributed by atoms with Crippen LogP contribution in [0.25, 0.3) is 0 Å². The predicted octanol–water partition coefficient (Wildman–Crippen LogP) is 2.87. The van der Waals surface area contributed by atoms with Crippen molar-refractivity contribution >= 4 is 11.9 Å². The van der Waals surface area contributed by atoms with Gasteiger partial charge in [0.2, 0.25) is 5.95 Å². The highest BCUT2D eigenvalue weighted by Gasteiger charge is 2.46. The molecule has 1 aliphatic heterocycles. The van der Waals surface area contributed by atoms with E-state index in [1.54, 1.807) is 18.7 Å². The molecule has 0 unspecified atom stereocenters. The average Bonchev–Trinajstić information content (AvgIpc) is 3.00. The second-order valence-corrected chi connectivity index (χ2v) is 7.05. The summed E-state index contributed by atoms with van der Waals surface area (Å²) in [4.78, 5) is 22.9. The molecule has 4 rings (SSSR count). The number of nitrogens with zero attached hydrogens (tertiary/aromatic N) is 3. The summed E-state index contributed by atoms with van der Waals surface area (Å²) in [6.45, 7) is 3.54. The molecule has 3 heterocycles. The Hall–Kier alpha value is -2.37. The first-order valence-electron chi connectivity index (χ1n) is 8.52. The number of hydrogen-bond acceptors (Lipinski definition) is 5. The average molecular weight is 326 g/mol. The zero-order valence-corrected chi connectivity index (χ0v) is 13.9. The highest BCUT2D eigenvalue weighted by atomic mass is 16.3. The van der Waals surface area contributed by atoms with Gasteiger partial charge in [0.1, 0.15) is 0 Å². The summed E-state index contributed by atoms with van der Waals surface area (Å²) in [5.41, 5.74) is 1.29. The van der Waals surface area contributed by atoms with Gasteiger partial charge >= 0.3 is 0 Å². The molecule has 6 heteroatoms. The highest BCUT2D eigenvalue weighted by Crippen LogP contribution is 2.49. The maximum absolute atomic E-state index is 12.5. The molecule has 0 atom stereocenters. The van der Waals surface area contributed by atoms with Gasteiger partial charge in [0.15, 0.2) is 5.76 Å². The molecule has 1 saturated carbocycles. The number of carbonyl (C=O) groups excluding carboxylic acids is 1. The first-order valence-corrected chi connectivity index (χ1v) is 8.52. The van der Waals surface area contributed by atoms with Crippen LogP contribution in [0.2, 0.25) is 0 Å². The number of hydrogen-bond donors (Lipinski definition) is 1. The maximum atomic E-state index is 12.5. The molecule has 2 aliphatic rings. The van der Waals surface area contributed by atoms with E-state index in [-0.39, 0.29) is 5.91 Å². The van der Waals surface area contributed by atoms with Crippen molar-refractivity contribution in [2.24, 2.45) is 5.41 Å². The molecule has 126 valence electrons. The second-order valence-electron chi connectivity index (χ2n) is 7.05. The van der Waals surface area contributed by atoms with Gasteiger partial charge in [-0.3, -0.25) is 4.79 Å². The summed E-state index contributed by atoms with van der Waals surface area (Å²) in [7, 11) is 0. The third-order valence-corrected chi connectivity index (χ3v) is 5.43. The molecule has 1 saturated heterocycles. The number of anilines is 1. The van der Waals surface area contributed by atoms with E-state index in [0.717, 1.165) is 44.3 Å². The van der Waals surface area contributed by atoms with Crippen molar-refractivity contribution in [3.63, 3.8) is 0 Å². The van der Waals surface area contributed by atoms with Gasteiger partial charge in [-0.1, -0.05) is 0 Å². The molecular formula is C18H22N4O2. The second kappa shape index (κ2) is 5.92. The van der Waals surface area contributed by atoms with Crippen molar-refractivity contribution in [1.82, 2.24) is 14.9 Å². The number of furan rings is 1. The summed E-state index contributed by atoms with van der Waals surface area (Å²) < 4.78 is 5.34. The lowest BCUT2D eigenvalue weighted by Gasteiger charge is -2.52. The van der Waals surface area contributed by atoms with Gasteiger partial charge in [-0.25, -0.2) is 9.97 Å². The van der Waals surface area contributed by atoms with Gasteiger partial charge in [0.25, 0.3) is 5.91 Å². The van der Waals surface area contributed by atoms with Crippen molar-refractivity contribution in [2.45, 2.75) is 38.6 Å². The molecule has 24 heavy (non-hydrogen) atoms. The van der Waals surface area contributed by atoms with E-state index in [1.165, 1.54) is 0 Å².